The van der Waals surface area contributed by atoms with Crippen LogP contribution in [0.5, 0.6) is 5.75 Å². The van der Waals surface area contributed by atoms with Crippen molar-refractivity contribution in [2.24, 2.45) is 0 Å². The molecule has 0 aliphatic rings. The summed E-state index contributed by atoms with van der Waals surface area (Å²) in [6.45, 7) is 3.32. The van der Waals surface area contributed by atoms with Crippen LogP contribution in [0.25, 0.3) is 0 Å². The zero-order valence-electron chi connectivity index (χ0n) is 14.4. The lowest BCUT2D eigenvalue weighted by Crippen LogP contribution is -2.37. The molecule has 0 bridgehead atoms. The molecule has 6 heteroatoms. The Balaban J connectivity index is 1.68. The summed E-state index contributed by atoms with van der Waals surface area (Å²) >= 11 is 0. The first-order chi connectivity index (χ1) is 11.6. The number of rotatable bonds is 7. The van der Waals surface area contributed by atoms with Crippen LogP contribution in [0.4, 0.5) is 10.6 Å². The third-order valence-corrected chi connectivity index (χ3v) is 3.46. The predicted octanol–water partition coefficient (Wildman–Crippen LogP) is 2.33. The highest BCUT2D eigenvalue weighted by Gasteiger charge is 2.03. The fourth-order valence-corrected chi connectivity index (χ4v) is 2.10. The number of carbonyl (C=O) groups is 1. The zero-order chi connectivity index (χ0) is 17.4. The van der Waals surface area contributed by atoms with E-state index in [1.807, 2.05) is 62.3 Å². The van der Waals surface area contributed by atoms with E-state index in [0.29, 0.717) is 19.7 Å². The molecule has 0 saturated carbocycles. The average molecular weight is 328 g/mol. The molecule has 2 amide bonds. The van der Waals surface area contributed by atoms with Gasteiger partial charge in [0, 0.05) is 26.8 Å². The molecule has 1 aromatic heterocycles. The summed E-state index contributed by atoms with van der Waals surface area (Å²) in [5.41, 5.74) is 2.08. The highest BCUT2D eigenvalue weighted by Crippen LogP contribution is 2.15. The van der Waals surface area contributed by atoms with Crippen molar-refractivity contribution in [3.63, 3.8) is 0 Å². The van der Waals surface area contributed by atoms with Crippen molar-refractivity contribution < 1.29 is 9.53 Å². The Morgan fingerprint density at radius 2 is 2.00 bits per heavy atom. The summed E-state index contributed by atoms with van der Waals surface area (Å²) in [7, 11) is 3.86. The molecular weight excluding hydrogens is 304 g/mol. The van der Waals surface area contributed by atoms with Gasteiger partial charge in [0.25, 0.3) is 0 Å². The summed E-state index contributed by atoms with van der Waals surface area (Å²) in [5.74, 6) is 1.70. The van der Waals surface area contributed by atoms with Gasteiger partial charge in [-0.3, -0.25) is 0 Å². The Hall–Kier alpha value is -2.76. The molecule has 0 saturated heterocycles. The van der Waals surface area contributed by atoms with E-state index in [9.17, 15) is 4.79 Å². The van der Waals surface area contributed by atoms with Crippen LogP contribution in [-0.4, -0.2) is 38.3 Å². The Morgan fingerprint density at radius 1 is 1.21 bits per heavy atom. The van der Waals surface area contributed by atoms with E-state index in [2.05, 4.69) is 15.6 Å². The van der Waals surface area contributed by atoms with E-state index in [1.54, 1.807) is 6.20 Å². The quantitative estimate of drug-likeness (QED) is 0.766. The van der Waals surface area contributed by atoms with Crippen LogP contribution < -0.4 is 20.3 Å². The van der Waals surface area contributed by atoms with E-state index in [4.69, 9.17) is 4.74 Å². The molecule has 2 aromatic rings. The zero-order valence-corrected chi connectivity index (χ0v) is 14.4. The number of hydrogen-bond acceptors (Lipinski definition) is 4. The minimum atomic E-state index is -0.216. The van der Waals surface area contributed by atoms with Crippen LogP contribution in [0.15, 0.2) is 42.6 Å². The summed E-state index contributed by atoms with van der Waals surface area (Å²) in [5, 5.41) is 5.60. The SMILES string of the molecule is Cc1ccccc1OCCNC(=O)NCc1ccnc(N(C)C)c1. The predicted molar refractivity (Wildman–Crippen MR) is 95.5 cm³/mol. The number of ether oxygens (including phenoxy) is 1. The number of benzene rings is 1. The normalized spacial score (nSPS) is 10.1. The molecule has 2 rings (SSSR count). The molecule has 1 heterocycles. The van der Waals surface area contributed by atoms with Crippen molar-refractivity contribution in [3.05, 3.63) is 53.7 Å². The maximum atomic E-state index is 11.8. The van der Waals surface area contributed by atoms with E-state index in [1.165, 1.54) is 0 Å². The summed E-state index contributed by atoms with van der Waals surface area (Å²) in [6, 6.07) is 11.4. The number of nitrogens with one attached hydrogen (secondary N) is 2. The summed E-state index contributed by atoms with van der Waals surface area (Å²) < 4.78 is 5.64. The lowest BCUT2D eigenvalue weighted by atomic mass is 10.2. The molecule has 128 valence electrons. The Labute approximate surface area is 142 Å². The molecule has 0 aliphatic carbocycles. The number of hydrogen-bond donors (Lipinski definition) is 2. The van der Waals surface area contributed by atoms with Crippen LogP contribution in [0.3, 0.4) is 0 Å². The number of amides is 2. The van der Waals surface area contributed by atoms with Crippen LogP contribution in [-0.2, 0) is 6.54 Å². The number of aryl methyl sites for hydroxylation is 1. The Kier molecular flexibility index (Phi) is 6.42. The molecular formula is C18H24N4O2. The molecule has 0 atom stereocenters. The third kappa shape index (κ3) is 5.46. The number of para-hydroxylation sites is 1. The number of nitrogens with zero attached hydrogens (tertiary/aromatic N) is 2. The van der Waals surface area contributed by atoms with Gasteiger partial charge in [-0.15, -0.1) is 0 Å². The first kappa shape index (κ1) is 17.6. The molecule has 1 aromatic carbocycles. The molecule has 24 heavy (non-hydrogen) atoms. The first-order valence-corrected chi connectivity index (χ1v) is 7.88. The maximum absolute atomic E-state index is 11.8. The minimum absolute atomic E-state index is 0.216. The average Bonchev–Trinajstić information content (AvgIpc) is 2.58. The lowest BCUT2D eigenvalue weighted by Gasteiger charge is -2.13. The number of carbonyl (C=O) groups excluding carboxylic acids is 1. The van der Waals surface area contributed by atoms with Gasteiger partial charge < -0.3 is 20.3 Å². The van der Waals surface area contributed by atoms with Crippen molar-refractivity contribution in [3.8, 4) is 5.75 Å². The second kappa shape index (κ2) is 8.76. The molecule has 0 fully saturated rings. The van der Waals surface area contributed by atoms with E-state index in [0.717, 1.165) is 22.7 Å². The molecule has 2 N–H and O–H groups in total. The Morgan fingerprint density at radius 3 is 2.75 bits per heavy atom. The smallest absolute Gasteiger partial charge is 0.315 e. The minimum Gasteiger partial charge on any atom is -0.491 e. The Bertz CT molecular complexity index is 674. The second-order valence-corrected chi connectivity index (χ2v) is 5.64. The largest absolute Gasteiger partial charge is 0.491 e. The van der Waals surface area contributed by atoms with Crippen LogP contribution in [0.1, 0.15) is 11.1 Å². The molecule has 6 nitrogen and oxygen atoms in total. The van der Waals surface area contributed by atoms with Gasteiger partial charge in [0.1, 0.15) is 18.2 Å². The number of anilines is 1. The molecule has 0 radical (unpaired) electrons. The van der Waals surface area contributed by atoms with Crippen molar-refractivity contribution in [2.45, 2.75) is 13.5 Å². The van der Waals surface area contributed by atoms with Gasteiger partial charge in [0.05, 0.1) is 6.54 Å². The second-order valence-electron chi connectivity index (χ2n) is 5.64. The van der Waals surface area contributed by atoms with Gasteiger partial charge in [-0.25, -0.2) is 9.78 Å². The van der Waals surface area contributed by atoms with Gasteiger partial charge in [-0.2, -0.15) is 0 Å². The van der Waals surface area contributed by atoms with Gasteiger partial charge >= 0.3 is 6.03 Å². The summed E-state index contributed by atoms with van der Waals surface area (Å²) in [4.78, 5) is 18.0. The standard InChI is InChI=1S/C18H24N4O2/c1-14-6-4-5-7-16(14)24-11-10-20-18(23)21-13-15-8-9-19-17(12-15)22(2)3/h4-9,12H,10-11,13H2,1-3H3,(H2,20,21,23). The lowest BCUT2D eigenvalue weighted by molar-refractivity contribution is 0.236. The van der Waals surface area contributed by atoms with Crippen molar-refractivity contribution >= 4 is 11.8 Å². The van der Waals surface area contributed by atoms with Gasteiger partial charge in [-0.05, 0) is 36.2 Å². The first-order valence-electron chi connectivity index (χ1n) is 7.88. The van der Waals surface area contributed by atoms with Crippen LogP contribution in [0.2, 0.25) is 0 Å². The van der Waals surface area contributed by atoms with E-state index >= 15 is 0 Å². The topological polar surface area (TPSA) is 66.5 Å². The fourth-order valence-electron chi connectivity index (χ4n) is 2.10. The van der Waals surface area contributed by atoms with Gasteiger partial charge in [0.15, 0.2) is 0 Å². The van der Waals surface area contributed by atoms with E-state index in [-0.39, 0.29) is 6.03 Å². The number of pyridine rings is 1. The third-order valence-electron chi connectivity index (χ3n) is 3.46. The van der Waals surface area contributed by atoms with Crippen molar-refractivity contribution in [1.29, 1.82) is 0 Å². The summed E-state index contributed by atoms with van der Waals surface area (Å²) in [6.07, 6.45) is 1.74. The highest BCUT2D eigenvalue weighted by molar-refractivity contribution is 5.73. The van der Waals surface area contributed by atoms with Crippen molar-refractivity contribution in [2.75, 3.05) is 32.1 Å². The number of aromatic nitrogens is 1. The van der Waals surface area contributed by atoms with Gasteiger partial charge in [-0.1, -0.05) is 18.2 Å². The number of urea groups is 1. The van der Waals surface area contributed by atoms with E-state index < -0.39 is 0 Å². The maximum Gasteiger partial charge on any atom is 0.315 e. The molecule has 0 aliphatic heterocycles. The van der Waals surface area contributed by atoms with Crippen LogP contribution in [0, 0.1) is 6.92 Å². The molecule has 0 spiro atoms. The highest BCUT2D eigenvalue weighted by atomic mass is 16.5. The fraction of sp³-hybridized carbons (Fsp3) is 0.333. The molecule has 0 unspecified atom stereocenters. The van der Waals surface area contributed by atoms with Crippen molar-refractivity contribution in [1.82, 2.24) is 15.6 Å². The van der Waals surface area contributed by atoms with Gasteiger partial charge in [0.2, 0.25) is 0 Å². The monoisotopic (exact) mass is 328 g/mol. The van der Waals surface area contributed by atoms with Crippen LogP contribution >= 0.6 is 0 Å².